The van der Waals surface area contributed by atoms with E-state index < -0.39 is 0 Å². The van der Waals surface area contributed by atoms with E-state index in [1.165, 1.54) is 68.3 Å². The number of nitrogens with zero attached hydrogens (tertiary/aromatic N) is 4. The highest BCUT2D eigenvalue weighted by atomic mass is 19.1. The Bertz CT molecular complexity index is 1300. The number of rotatable bonds is 9. The van der Waals surface area contributed by atoms with Gasteiger partial charge in [0.2, 0.25) is 0 Å². The highest BCUT2D eigenvalue weighted by Gasteiger charge is 2.25. The van der Waals surface area contributed by atoms with Crippen LogP contribution in [-0.2, 0) is 12.8 Å². The van der Waals surface area contributed by atoms with Crippen LogP contribution in [0.25, 0.3) is 10.9 Å². The summed E-state index contributed by atoms with van der Waals surface area (Å²) in [4.78, 5) is 13.7. The summed E-state index contributed by atoms with van der Waals surface area (Å²) in [6.07, 6.45) is 14.1. The summed E-state index contributed by atoms with van der Waals surface area (Å²) < 4.78 is 26.4. The number of halogens is 1. The number of aryl methyl sites for hydroxylation is 1. The Balaban J connectivity index is 1.23. The molecule has 3 aliphatic rings. The van der Waals surface area contributed by atoms with Crippen molar-refractivity contribution in [2.45, 2.75) is 70.3 Å². The summed E-state index contributed by atoms with van der Waals surface area (Å²) in [7, 11) is 1.72. The maximum atomic E-state index is 14.3. The Hall–Kier alpha value is -3.13. The first-order valence-electron chi connectivity index (χ1n) is 15.2. The lowest BCUT2D eigenvalue weighted by atomic mass is 9.98. The van der Waals surface area contributed by atoms with Crippen LogP contribution in [0.15, 0.2) is 30.6 Å². The maximum Gasteiger partial charge on any atom is 0.164 e. The lowest BCUT2D eigenvalue weighted by Crippen LogP contribution is -2.39. The van der Waals surface area contributed by atoms with Crippen LogP contribution >= 0.6 is 0 Å². The molecule has 2 fully saturated rings. The van der Waals surface area contributed by atoms with E-state index in [-0.39, 0.29) is 5.82 Å². The number of methoxy groups -OCH3 is 1. The molecule has 2 aliphatic heterocycles. The number of pyridine rings is 2. The van der Waals surface area contributed by atoms with Gasteiger partial charge in [-0.05, 0) is 88.6 Å². The molecule has 1 aromatic carbocycles. The van der Waals surface area contributed by atoms with E-state index in [1.54, 1.807) is 19.4 Å². The van der Waals surface area contributed by atoms with Gasteiger partial charge in [0, 0.05) is 54.7 Å². The molecule has 0 unspecified atom stereocenters. The Morgan fingerprint density at radius 3 is 2.62 bits per heavy atom. The second kappa shape index (κ2) is 12.6. The highest BCUT2D eigenvalue weighted by molar-refractivity contribution is 5.96. The van der Waals surface area contributed by atoms with Gasteiger partial charge in [-0.25, -0.2) is 4.39 Å². The minimum Gasteiger partial charge on any atom is -0.493 e. The average Bonchev–Trinajstić information content (AvgIpc) is 3.39. The first-order chi connectivity index (χ1) is 19.7. The number of ether oxygens (including phenoxy) is 2. The van der Waals surface area contributed by atoms with Gasteiger partial charge in [0.25, 0.3) is 0 Å². The van der Waals surface area contributed by atoms with Gasteiger partial charge in [-0.2, -0.15) is 0 Å². The standard InChI is InChI=1S/C32H42FN5O2/c1-39-30-20-25-28(21-31(30)40-19-7-16-37-14-5-6-15-37)36-27-9-4-2-3-8-24(27)32(25)35-23-11-17-38(18-12-23)29-10-13-34-22-26(29)33/h10,13,20-23H,2-9,11-12,14-19H2,1H3,(H,35,36). The molecule has 2 saturated heterocycles. The van der Waals surface area contributed by atoms with Gasteiger partial charge >= 0.3 is 0 Å². The Labute approximate surface area is 237 Å². The van der Waals surface area contributed by atoms with E-state index in [0.717, 1.165) is 74.1 Å². The Morgan fingerprint density at radius 1 is 1.00 bits per heavy atom. The molecule has 1 N–H and O–H groups in total. The minimum atomic E-state index is -0.250. The number of likely N-dealkylation sites (tertiary alicyclic amines) is 1. The molecule has 2 aromatic heterocycles. The summed E-state index contributed by atoms with van der Waals surface area (Å²) >= 11 is 0. The van der Waals surface area contributed by atoms with Crippen LogP contribution in [0.1, 0.15) is 62.6 Å². The lowest BCUT2D eigenvalue weighted by molar-refractivity contribution is 0.254. The van der Waals surface area contributed by atoms with Crippen LogP contribution in [0.2, 0.25) is 0 Å². The molecular weight excluding hydrogens is 505 g/mol. The topological polar surface area (TPSA) is 62.8 Å². The van der Waals surface area contributed by atoms with Crippen molar-refractivity contribution in [3.8, 4) is 11.5 Å². The third-order valence-corrected chi connectivity index (χ3v) is 8.81. The van der Waals surface area contributed by atoms with Crippen LogP contribution in [0.4, 0.5) is 15.8 Å². The summed E-state index contributed by atoms with van der Waals surface area (Å²) in [5.74, 6) is 1.28. The SMILES string of the molecule is COc1cc2c(NC3CCN(c4ccncc4F)CC3)c3c(nc2cc1OCCCN1CCCC1)CCCCC3. The largest absolute Gasteiger partial charge is 0.493 e. The lowest BCUT2D eigenvalue weighted by Gasteiger charge is -2.35. The minimum absolute atomic E-state index is 0.250. The molecular formula is C32H42FN5O2. The molecule has 0 radical (unpaired) electrons. The van der Waals surface area contributed by atoms with Gasteiger partial charge < -0.3 is 24.6 Å². The third kappa shape index (κ3) is 5.97. The van der Waals surface area contributed by atoms with E-state index in [9.17, 15) is 4.39 Å². The van der Waals surface area contributed by atoms with E-state index in [0.29, 0.717) is 18.3 Å². The zero-order valence-electron chi connectivity index (χ0n) is 23.8. The number of piperidine rings is 1. The molecule has 6 rings (SSSR count). The van der Waals surface area contributed by atoms with Crippen molar-refractivity contribution in [3.63, 3.8) is 0 Å². The van der Waals surface area contributed by atoms with E-state index in [2.05, 4.69) is 32.2 Å². The first kappa shape index (κ1) is 27.1. The zero-order chi connectivity index (χ0) is 27.3. The van der Waals surface area contributed by atoms with Gasteiger partial charge in [0.05, 0.1) is 31.1 Å². The molecule has 1 aliphatic carbocycles. The van der Waals surface area contributed by atoms with Crippen molar-refractivity contribution in [2.75, 3.05) is 56.7 Å². The monoisotopic (exact) mass is 547 g/mol. The third-order valence-electron chi connectivity index (χ3n) is 8.81. The molecule has 8 heteroatoms. The predicted molar refractivity (Wildman–Crippen MR) is 158 cm³/mol. The molecule has 40 heavy (non-hydrogen) atoms. The van der Waals surface area contributed by atoms with Crippen molar-refractivity contribution in [1.82, 2.24) is 14.9 Å². The Morgan fingerprint density at radius 2 is 1.82 bits per heavy atom. The van der Waals surface area contributed by atoms with E-state index in [4.69, 9.17) is 14.5 Å². The molecule has 0 spiro atoms. The van der Waals surface area contributed by atoms with Crippen LogP contribution < -0.4 is 19.7 Å². The van der Waals surface area contributed by atoms with Crippen LogP contribution in [0.5, 0.6) is 11.5 Å². The number of aromatic nitrogens is 2. The molecule has 4 heterocycles. The van der Waals surface area contributed by atoms with Crippen molar-refractivity contribution in [1.29, 1.82) is 0 Å². The van der Waals surface area contributed by atoms with E-state index in [1.807, 2.05) is 0 Å². The molecule has 214 valence electrons. The fraction of sp³-hybridized carbons (Fsp3) is 0.562. The normalized spacial score (nSPS) is 18.5. The number of hydrogen-bond donors (Lipinski definition) is 1. The van der Waals surface area contributed by atoms with Crippen molar-refractivity contribution in [3.05, 3.63) is 47.7 Å². The summed E-state index contributed by atoms with van der Waals surface area (Å²) in [5, 5.41) is 5.05. The van der Waals surface area contributed by atoms with Gasteiger partial charge in [-0.3, -0.25) is 9.97 Å². The molecule has 0 saturated carbocycles. The number of fused-ring (bicyclic) bond motifs is 2. The van der Waals surface area contributed by atoms with Crippen molar-refractivity contribution < 1.29 is 13.9 Å². The number of anilines is 2. The second-order valence-electron chi connectivity index (χ2n) is 11.5. The highest BCUT2D eigenvalue weighted by Crippen LogP contribution is 2.40. The summed E-state index contributed by atoms with van der Waals surface area (Å²) in [5.41, 5.74) is 5.39. The second-order valence-corrected chi connectivity index (χ2v) is 11.5. The molecule has 3 aromatic rings. The summed E-state index contributed by atoms with van der Waals surface area (Å²) in [6, 6.07) is 6.28. The maximum absolute atomic E-state index is 14.3. The smallest absolute Gasteiger partial charge is 0.164 e. The fourth-order valence-electron chi connectivity index (χ4n) is 6.62. The number of nitrogens with one attached hydrogen (secondary N) is 1. The fourth-order valence-corrected chi connectivity index (χ4v) is 6.62. The quantitative estimate of drug-likeness (QED) is 0.261. The Kier molecular flexibility index (Phi) is 8.51. The van der Waals surface area contributed by atoms with Crippen LogP contribution in [0.3, 0.4) is 0 Å². The van der Waals surface area contributed by atoms with Crippen molar-refractivity contribution >= 4 is 22.3 Å². The van der Waals surface area contributed by atoms with Gasteiger partial charge in [-0.15, -0.1) is 0 Å². The van der Waals surface area contributed by atoms with Crippen LogP contribution in [0, 0.1) is 5.82 Å². The molecule has 0 amide bonds. The predicted octanol–water partition coefficient (Wildman–Crippen LogP) is 5.99. The van der Waals surface area contributed by atoms with Gasteiger partial charge in [0.15, 0.2) is 17.3 Å². The van der Waals surface area contributed by atoms with E-state index >= 15 is 0 Å². The van der Waals surface area contributed by atoms with Crippen molar-refractivity contribution in [2.24, 2.45) is 0 Å². The summed E-state index contributed by atoms with van der Waals surface area (Å²) in [6.45, 7) is 5.80. The molecule has 0 bridgehead atoms. The average molecular weight is 548 g/mol. The van der Waals surface area contributed by atoms with Gasteiger partial charge in [0.1, 0.15) is 0 Å². The first-order valence-corrected chi connectivity index (χ1v) is 15.2. The zero-order valence-corrected chi connectivity index (χ0v) is 23.8. The van der Waals surface area contributed by atoms with Crippen LogP contribution in [-0.4, -0.2) is 67.4 Å². The molecule has 7 nitrogen and oxygen atoms in total. The number of benzene rings is 1. The number of hydrogen-bond acceptors (Lipinski definition) is 7. The molecule has 0 atom stereocenters. The van der Waals surface area contributed by atoms with Gasteiger partial charge in [-0.1, -0.05) is 6.42 Å².